The van der Waals surface area contributed by atoms with E-state index in [0.29, 0.717) is 6.42 Å². The highest BCUT2D eigenvalue weighted by atomic mass is 32.2. The Bertz CT molecular complexity index is 1130. The van der Waals surface area contributed by atoms with Gasteiger partial charge in [0.25, 0.3) is 0 Å². The largest absolute Gasteiger partial charge is 0.481 e. The van der Waals surface area contributed by atoms with E-state index in [0.717, 1.165) is 32.1 Å². The molecule has 1 aromatic carbocycles. The number of ether oxygens (including phenoxy) is 2. The molecule has 0 aliphatic heterocycles. The third-order valence-corrected chi connectivity index (χ3v) is 6.88. The number of methoxy groups -OCH3 is 2. The predicted octanol–water partition coefficient (Wildman–Crippen LogP) is 3.52. The Kier molecular flexibility index (Phi) is 7.92. The summed E-state index contributed by atoms with van der Waals surface area (Å²) in [5, 5.41) is 2.22. The van der Waals surface area contributed by atoms with Crippen LogP contribution in [0.15, 0.2) is 30.3 Å². The number of nitrogens with zero attached hydrogens (tertiary/aromatic N) is 2. The molecule has 11 nitrogen and oxygen atoms in total. The number of carbonyl (C=O) groups excluding carboxylic acids is 2. The Labute approximate surface area is 198 Å². The average molecular weight is 492 g/mol. The molecule has 3 N–H and O–H groups in total. The zero-order valence-corrected chi connectivity index (χ0v) is 20.2. The van der Waals surface area contributed by atoms with Crippen LogP contribution in [-0.2, 0) is 10.2 Å². The van der Waals surface area contributed by atoms with E-state index in [4.69, 9.17) is 9.47 Å². The molecule has 0 atom stereocenters. The highest BCUT2D eigenvalue weighted by Gasteiger charge is 2.39. The van der Waals surface area contributed by atoms with E-state index in [9.17, 15) is 18.0 Å². The molecule has 12 heteroatoms. The highest BCUT2D eigenvalue weighted by Crippen LogP contribution is 2.43. The zero-order chi connectivity index (χ0) is 24.8. The van der Waals surface area contributed by atoms with E-state index in [2.05, 4.69) is 20.0 Å². The first kappa shape index (κ1) is 25.2. The van der Waals surface area contributed by atoms with Crippen molar-refractivity contribution in [3.63, 3.8) is 0 Å². The lowest BCUT2D eigenvalue weighted by Crippen LogP contribution is -2.39. The minimum Gasteiger partial charge on any atom is -0.481 e. The summed E-state index contributed by atoms with van der Waals surface area (Å²) < 4.78 is 39.5. The van der Waals surface area contributed by atoms with Crippen molar-refractivity contribution in [2.45, 2.75) is 45.4 Å². The van der Waals surface area contributed by atoms with Crippen molar-refractivity contribution >= 4 is 33.7 Å². The number of hydrogen-bond donors (Lipinski definition) is 3. The van der Waals surface area contributed by atoms with Crippen LogP contribution in [-0.4, -0.2) is 44.4 Å². The Morgan fingerprint density at radius 2 is 1.65 bits per heavy atom. The van der Waals surface area contributed by atoms with Gasteiger partial charge in [-0.1, -0.05) is 38.3 Å². The molecule has 0 spiro atoms. The molecule has 0 unspecified atom stereocenters. The second-order valence-electron chi connectivity index (χ2n) is 8.01. The van der Waals surface area contributed by atoms with Crippen LogP contribution in [0, 0.1) is 5.41 Å². The first-order valence-electron chi connectivity index (χ1n) is 10.9. The highest BCUT2D eigenvalue weighted by molar-refractivity contribution is 7.91. The van der Waals surface area contributed by atoms with Crippen LogP contribution in [0.4, 0.5) is 16.4 Å². The first-order valence-corrected chi connectivity index (χ1v) is 12.4. The molecule has 3 rings (SSSR count). The molecule has 1 heterocycles. The van der Waals surface area contributed by atoms with Crippen LogP contribution in [0.5, 0.6) is 11.8 Å². The quantitative estimate of drug-likeness (QED) is 0.451. The molecule has 2 aromatic rings. The Morgan fingerprint density at radius 1 is 1.03 bits per heavy atom. The molecular weight excluding hydrogens is 462 g/mol. The molecule has 1 saturated carbocycles. The van der Waals surface area contributed by atoms with E-state index in [1.165, 1.54) is 26.4 Å². The van der Waals surface area contributed by atoms with Gasteiger partial charge >= 0.3 is 16.2 Å². The molecule has 0 bridgehead atoms. The van der Waals surface area contributed by atoms with Gasteiger partial charge in [-0.3, -0.25) is 14.8 Å². The standard InChI is InChI=1S/C22H29N5O6S/c1-4-22(12-8-5-9-13-22)19(28)15-10-6-7-11-16(15)26-34(30,31)27-21(29)25-20-23-17(32-2)14-18(24-20)33-3/h6-7,10-11,14,26H,4-5,8-9,12-13H2,1-3H3,(H2,23,24,25,27,29). The number of ketones is 1. The molecule has 1 aliphatic carbocycles. The van der Waals surface area contributed by atoms with Crippen molar-refractivity contribution < 1.29 is 27.5 Å². The summed E-state index contributed by atoms with van der Waals surface area (Å²) >= 11 is 0. The van der Waals surface area contributed by atoms with Gasteiger partial charge in [-0.05, 0) is 31.4 Å². The summed E-state index contributed by atoms with van der Waals surface area (Å²) in [4.78, 5) is 33.6. The third kappa shape index (κ3) is 5.93. The smallest absolute Gasteiger partial charge is 0.336 e. The fourth-order valence-electron chi connectivity index (χ4n) is 4.11. The zero-order valence-electron chi connectivity index (χ0n) is 19.4. The van der Waals surface area contributed by atoms with E-state index < -0.39 is 21.7 Å². The van der Waals surface area contributed by atoms with Gasteiger partial charge in [0.05, 0.1) is 26.0 Å². The van der Waals surface area contributed by atoms with Gasteiger partial charge in [-0.15, -0.1) is 0 Å². The second-order valence-corrected chi connectivity index (χ2v) is 9.42. The molecule has 2 amide bonds. The molecule has 1 fully saturated rings. The number of para-hydroxylation sites is 1. The number of Topliss-reactive ketones (excluding diaryl/α,β-unsaturated/α-hetero) is 1. The summed E-state index contributed by atoms with van der Waals surface area (Å²) in [6.07, 6.45) is 5.24. The van der Waals surface area contributed by atoms with Crippen LogP contribution < -0.4 is 24.2 Å². The van der Waals surface area contributed by atoms with Crippen LogP contribution >= 0.6 is 0 Å². The first-order chi connectivity index (χ1) is 16.2. The van der Waals surface area contributed by atoms with Crippen LogP contribution in [0.1, 0.15) is 55.8 Å². The maximum absolute atomic E-state index is 13.5. The number of benzene rings is 1. The number of amides is 2. The van der Waals surface area contributed by atoms with Gasteiger partial charge in [0, 0.05) is 11.0 Å². The van der Waals surface area contributed by atoms with E-state index >= 15 is 0 Å². The number of rotatable bonds is 9. The van der Waals surface area contributed by atoms with Gasteiger partial charge in [-0.2, -0.15) is 18.4 Å². The maximum atomic E-state index is 13.5. The summed E-state index contributed by atoms with van der Waals surface area (Å²) in [5.41, 5.74) is -0.128. The normalized spacial score (nSPS) is 15.1. The number of hydrogen-bond acceptors (Lipinski definition) is 8. The fourth-order valence-corrected chi connectivity index (χ4v) is 4.93. The molecular formula is C22H29N5O6S. The molecule has 34 heavy (non-hydrogen) atoms. The van der Waals surface area contributed by atoms with Crippen LogP contribution in [0.2, 0.25) is 0 Å². The Hall–Kier alpha value is -3.41. The van der Waals surface area contributed by atoms with Crippen LogP contribution in [0.3, 0.4) is 0 Å². The Balaban J connectivity index is 1.76. The minimum absolute atomic E-state index is 0.0886. The SMILES string of the molecule is CCC1(C(=O)c2ccccc2NS(=O)(=O)NC(=O)Nc2nc(OC)cc(OC)n2)CCCCC1. The van der Waals surface area contributed by atoms with E-state index in [-0.39, 0.29) is 34.7 Å². The van der Waals surface area contributed by atoms with E-state index in [1.807, 2.05) is 11.6 Å². The van der Waals surface area contributed by atoms with Gasteiger partial charge in [0.2, 0.25) is 17.7 Å². The van der Waals surface area contributed by atoms with Crippen molar-refractivity contribution in [1.29, 1.82) is 0 Å². The molecule has 0 radical (unpaired) electrons. The van der Waals surface area contributed by atoms with Gasteiger partial charge < -0.3 is 9.47 Å². The van der Waals surface area contributed by atoms with Crippen molar-refractivity contribution in [2.24, 2.45) is 5.41 Å². The van der Waals surface area contributed by atoms with Crippen molar-refractivity contribution in [1.82, 2.24) is 14.7 Å². The van der Waals surface area contributed by atoms with Gasteiger partial charge in [0.15, 0.2) is 5.78 Å². The number of urea groups is 1. The maximum Gasteiger partial charge on any atom is 0.336 e. The molecule has 184 valence electrons. The van der Waals surface area contributed by atoms with Gasteiger partial charge in [0.1, 0.15) is 0 Å². The lowest BCUT2D eigenvalue weighted by molar-refractivity contribution is 0.0703. The number of carbonyl (C=O) groups is 2. The summed E-state index contributed by atoms with van der Waals surface area (Å²) in [6, 6.07) is 6.68. The van der Waals surface area contributed by atoms with Gasteiger partial charge in [-0.25, -0.2) is 9.52 Å². The Morgan fingerprint density at radius 3 is 2.24 bits per heavy atom. The van der Waals surface area contributed by atoms with Crippen molar-refractivity contribution in [3.05, 3.63) is 35.9 Å². The predicted molar refractivity (Wildman–Crippen MR) is 126 cm³/mol. The van der Waals surface area contributed by atoms with Crippen molar-refractivity contribution in [3.8, 4) is 11.8 Å². The average Bonchev–Trinajstić information content (AvgIpc) is 2.83. The van der Waals surface area contributed by atoms with E-state index in [1.54, 1.807) is 18.2 Å². The summed E-state index contributed by atoms with van der Waals surface area (Å²) in [5.74, 6) is -0.0812. The third-order valence-electron chi connectivity index (χ3n) is 5.93. The number of aromatic nitrogens is 2. The minimum atomic E-state index is -4.38. The second kappa shape index (κ2) is 10.7. The number of nitrogens with one attached hydrogen (secondary N) is 3. The molecule has 0 saturated heterocycles. The van der Waals surface area contributed by atoms with Crippen LogP contribution in [0.25, 0.3) is 0 Å². The lowest BCUT2D eigenvalue weighted by Gasteiger charge is -2.35. The molecule has 1 aromatic heterocycles. The topological polar surface area (TPSA) is 149 Å². The monoisotopic (exact) mass is 491 g/mol. The summed E-state index contributed by atoms with van der Waals surface area (Å²) in [7, 11) is -1.64. The van der Waals surface area contributed by atoms with Crippen molar-refractivity contribution in [2.75, 3.05) is 24.3 Å². The fraction of sp³-hybridized carbons (Fsp3) is 0.455. The molecule has 1 aliphatic rings. The lowest BCUT2D eigenvalue weighted by atomic mass is 9.68. The summed E-state index contributed by atoms with van der Waals surface area (Å²) in [6.45, 7) is 1.98. The number of anilines is 2.